The smallest absolute Gasteiger partial charge is 0.408 e. The first-order valence-corrected chi connectivity index (χ1v) is 9.55. The second-order valence-corrected chi connectivity index (χ2v) is 7.69. The number of amides is 1. The van der Waals surface area contributed by atoms with E-state index in [4.69, 9.17) is 18.9 Å². The highest BCUT2D eigenvalue weighted by atomic mass is 16.6. The van der Waals surface area contributed by atoms with Gasteiger partial charge in [0.15, 0.2) is 0 Å². The molecule has 0 bridgehead atoms. The Morgan fingerprint density at radius 1 is 0.967 bits per heavy atom. The van der Waals surface area contributed by atoms with Crippen molar-refractivity contribution < 1.29 is 28.5 Å². The summed E-state index contributed by atoms with van der Waals surface area (Å²) in [6.07, 6.45) is -0.444. The van der Waals surface area contributed by atoms with Crippen LogP contribution in [0.15, 0.2) is 42.5 Å². The third-order valence-corrected chi connectivity index (χ3v) is 4.28. The Morgan fingerprint density at radius 3 is 2.17 bits per heavy atom. The van der Waals surface area contributed by atoms with Gasteiger partial charge >= 0.3 is 12.1 Å². The summed E-state index contributed by atoms with van der Waals surface area (Å²) in [6.45, 7) is 5.26. The minimum absolute atomic E-state index is 0.235. The van der Waals surface area contributed by atoms with Crippen LogP contribution in [0.25, 0.3) is 11.1 Å². The lowest BCUT2D eigenvalue weighted by atomic mass is 9.98. The first-order chi connectivity index (χ1) is 14.2. The van der Waals surface area contributed by atoms with E-state index in [1.54, 1.807) is 35.0 Å². The topological polar surface area (TPSA) is 83.1 Å². The second-order valence-electron chi connectivity index (χ2n) is 7.69. The van der Waals surface area contributed by atoms with Crippen LogP contribution >= 0.6 is 0 Å². The van der Waals surface area contributed by atoms with E-state index in [0.29, 0.717) is 5.75 Å². The van der Waals surface area contributed by atoms with Crippen LogP contribution in [0.5, 0.6) is 11.5 Å². The summed E-state index contributed by atoms with van der Waals surface area (Å²) in [7, 11) is 4.49. The molecule has 7 nitrogen and oxygen atoms in total. The summed E-state index contributed by atoms with van der Waals surface area (Å²) in [5.41, 5.74) is 1.95. The summed E-state index contributed by atoms with van der Waals surface area (Å²) < 4.78 is 20.8. The molecule has 1 N–H and O–H groups in total. The van der Waals surface area contributed by atoms with Gasteiger partial charge in [-0.3, -0.25) is 0 Å². The van der Waals surface area contributed by atoms with Crippen molar-refractivity contribution in [2.75, 3.05) is 21.3 Å². The maximum Gasteiger partial charge on any atom is 0.408 e. The Balaban J connectivity index is 2.29. The number of alkyl carbamates (subject to hydrolysis) is 1. The molecule has 0 heterocycles. The molecule has 162 valence electrons. The normalized spacial score (nSPS) is 11.9. The van der Waals surface area contributed by atoms with E-state index >= 15 is 0 Å². The van der Waals surface area contributed by atoms with E-state index in [2.05, 4.69) is 5.32 Å². The van der Waals surface area contributed by atoms with Gasteiger partial charge in [-0.15, -0.1) is 0 Å². The number of carbonyl (C=O) groups is 2. The Hall–Kier alpha value is -3.22. The van der Waals surface area contributed by atoms with E-state index < -0.39 is 23.7 Å². The monoisotopic (exact) mass is 415 g/mol. The summed E-state index contributed by atoms with van der Waals surface area (Å²) in [5.74, 6) is 0.891. The molecule has 0 unspecified atom stereocenters. The zero-order chi connectivity index (χ0) is 22.3. The number of hydrogen-bond donors (Lipinski definition) is 1. The average Bonchev–Trinajstić information content (AvgIpc) is 2.71. The molecule has 0 aromatic heterocycles. The SMILES string of the molecule is COC(=O)[C@@H](Cc1ccc(OC)c(-c2ccc(OC)cc2)c1)NC(=O)OC(C)(C)C. The number of benzene rings is 2. The van der Waals surface area contributed by atoms with Crippen molar-refractivity contribution >= 4 is 12.1 Å². The van der Waals surface area contributed by atoms with Crippen LogP contribution in [0.2, 0.25) is 0 Å². The van der Waals surface area contributed by atoms with E-state index in [0.717, 1.165) is 22.4 Å². The highest BCUT2D eigenvalue weighted by Crippen LogP contribution is 2.32. The lowest BCUT2D eigenvalue weighted by Crippen LogP contribution is -2.45. The molecule has 2 rings (SSSR count). The number of methoxy groups -OCH3 is 3. The van der Waals surface area contributed by atoms with E-state index in [1.165, 1.54) is 7.11 Å². The minimum atomic E-state index is -0.887. The quantitative estimate of drug-likeness (QED) is 0.689. The molecule has 30 heavy (non-hydrogen) atoms. The van der Waals surface area contributed by atoms with Crippen LogP contribution in [0.3, 0.4) is 0 Å². The third kappa shape index (κ3) is 6.40. The summed E-state index contributed by atoms with van der Waals surface area (Å²) in [6, 6.07) is 12.3. The summed E-state index contributed by atoms with van der Waals surface area (Å²) >= 11 is 0. The Labute approximate surface area is 177 Å². The molecule has 0 fully saturated rings. The van der Waals surface area contributed by atoms with Crippen molar-refractivity contribution in [2.45, 2.75) is 38.8 Å². The van der Waals surface area contributed by atoms with Gasteiger partial charge in [0.05, 0.1) is 21.3 Å². The van der Waals surface area contributed by atoms with Gasteiger partial charge in [0.1, 0.15) is 23.1 Å². The standard InChI is InChI=1S/C23H29NO6/c1-23(2,3)30-22(26)24-19(21(25)29-6)14-15-7-12-20(28-5)18(13-15)16-8-10-17(27-4)11-9-16/h7-13,19H,14H2,1-6H3,(H,24,26)/t19-/m1/s1. The molecule has 2 aromatic rings. The molecule has 0 radical (unpaired) electrons. The van der Waals surface area contributed by atoms with E-state index in [9.17, 15) is 9.59 Å². The molecule has 0 saturated heterocycles. The molecule has 7 heteroatoms. The van der Waals surface area contributed by atoms with Crippen molar-refractivity contribution in [2.24, 2.45) is 0 Å². The molecule has 2 aromatic carbocycles. The van der Waals surface area contributed by atoms with Crippen molar-refractivity contribution in [1.29, 1.82) is 0 Å². The highest BCUT2D eigenvalue weighted by Gasteiger charge is 2.25. The van der Waals surface area contributed by atoms with E-state index in [1.807, 2.05) is 42.5 Å². The lowest BCUT2D eigenvalue weighted by Gasteiger charge is -2.23. The average molecular weight is 415 g/mol. The van der Waals surface area contributed by atoms with Crippen LogP contribution in [0.4, 0.5) is 4.79 Å². The van der Waals surface area contributed by atoms with Gasteiger partial charge in [0.2, 0.25) is 0 Å². The summed E-state index contributed by atoms with van der Waals surface area (Å²) in [5, 5.41) is 2.59. The highest BCUT2D eigenvalue weighted by molar-refractivity contribution is 5.82. The maximum absolute atomic E-state index is 12.2. The fraction of sp³-hybridized carbons (Fsp3) is 0.391. The van der Waals surface area contributed by atoms with Gasteiger partial charge < -0.3 is 24.3 Å². The molecule has 0 saturated carbocycles. The van der Waals surface area contributed by atoms with E-state index in [-0.39, 0.29) is 6.42 Å². The molecular weight excluding hydrogens is 386 g/mol. The third-order valence-electron chi connectivity index (χ3n) is 4.28. The van der Waals surface area contributed by atoms with Gasteiger partial charge in [-0.25, -0.2) is 9.59 Å². The molecule has 0 aliphatic carbocycles. The number of esters is 1. The van der Waals surface area contributed by atoms with Crippen LogP contribution in [-0.4, -0.2) is 45.0 Å². The largest absolute Gasteiger partial charge is 0.497 e. The second kappa shape index (κ2) is 10.0. The molecule has 1 amide bonds. The number of carbonyl (C=O) groups excluding carboxylic acids is 2. The first-order valence-electron chi connectivity index (χ1n) is 9.55. The Kier molecular flexibility index (Phi) is 7.69. The summed E-state index contributed by atoms with van der Waals surface area (Å²) in [4.78, 5) is 24.4. The van der Waals surface area contributed by atoms with Crippen molar-refractivity contribution in [3.63, 3.8) is 0 Å². The number of rotatable bonds is 7. The first kappa shape index (κ1) is 23.1. The molecular formula is C23H29NO6. The maximum atomic E-state index is 12.2. The van der Waals surface area contributed by atoms with Gasteiger partial charge in [-0.1, -0.05) is 18.2 Å². The number of nitrogens with one attached hydrogen (secondary N) is 1. The Bertz CT molecular complexity index is 870. The molecule has 1 atom stereocenters. The zero-order valence-corrected chi connectivity index (χ0v) is 18.3. The molecule has 0 spiro atoms. The number of hydrogen-bond acceptors (Lipinski definition) is 6. The minimum Gasteiger partial charge on any atom is -0.497 e. The van der Waals surface area contributed by atoms with Crippen LogP contribution in [0, 0.1) is 0 Å². The zero-order valence-electron chi connectivity index (χ0n) is 18.3. The predicted molar refractivity (Wildman–Crippen MR) is 114 cm³/mol. The van der Waals surface area contributed by atoms with Crippen molar-refractivity contribution in [3.8, 4) is 22.6 Å². The fourth-order valence-corrected chi connectivity index (χ4v) is 2.90. The number of ether oxygens (including phenoxy) is 4. The fourth-order valence-electron chi connectivity index (χ4n) is 2.90. The van der Waals surface area contributed by atoms with Gasteiger partial charge in [0, 0.05) is 12.0 Å². The molecule has 0 aliphatic rings. The van der Waals surface area contributed by atoms with Crippen LogP contribution in [-0.2, 0) is 20.7 Å². The van der Waals surface area contributed by atoms with Gasteiger partial charge in [-0.2, -0.15) is 0 Å². The van der Waals surface area contributed by atoms with Crippen LogP contribution in [0.1, 0.15) is 26.3 Å². The van der Waals surface area contributed by atoms with Crippen molar-refractivity contribution in [1.82, 2.24) is 5.32 Å². The van der Waals surface area contributed by atoms with Gasteiger partial charge in [-0.05, 0) is 56.2 Å². The predicted octanol–water partition coefficient (Wildman–Crippen LogP) is 3.98. The molecule has 0 aliphatic heterocycles. The van der Waals surface area contributed by atoms with Gasteiger partial charge in [0.25, 0.3) is 0 Å². The lowest BCUT2D eigenvalue weighted by molar-refractivity contribution is -0.143. The van der Waals surface area contributed by atoms with Crippen LogP contribution < -0.4 is 14.8 Å². The van der Waals surface area contributed by atoms with Crippen molar-refractivity contribution in [3.05, 3.63) is 48.0 Å². The Morgan fingerprint density at radius 2 is 1.63 bits per heavy atom.